The highest BCUT2D eigenvalue weighted by Gasteiger charge is 2.39. The molecule has 1 heterocycles. The summed E-state index contributed by atoms with van der Waals surface area (Å²) in [6.07, 6.45) is 12.6. The van der Waals surface area contributed by atoms with Crippen LogP contribution in [0.1, 0.15) is 84.0 Å². The third-order valence-corrected chi connectivity index (χ3v) is 8.60. The van der Waals surface area contributed by atoms with E-state index in [1.54, 1.807) is 4.31 Å². The maximum Gasteiger partial charge on any atom is 0.226 e. The zero-order valence-corrected chi connectivity index (χ0v) is 17.2. The Morgan fingerprint density at radius 2 is 1.42 bits per heavy atom. The van der Waals surface area contributed by atoms with E-state index in [2.05, 4.69) is 4.90 Å². The number of piperidine rings is 1. The summed E-state index contributed by atoms with van der Waals surface area (Å²) in [6, 6.07) is 0.883. The minimum Gasteiger partial charge on any atom is -0.336 e. The van der Waals surface area contributed by atoms with Crippen LogP contribution in [0.2, 0.25) is 0 Å². The number of carbonyl (C=O) groups excluding carboxylic acids is 1. The maximum absolute atomic E-state index is 13.4. The minimum absolute atomic E-state index is 0.0221. The van der Waals surface area contributed by atoms with Crippen LogP contribution >= 0.6 is 0 Å². The maximum atomic E-state index is 13.4. The first-order valence-electron chi connectivity index (χ1n) is 10.8. The molecule has 1 amide bonds. The molecule has 150 valence electrons. The third-order valence-electron chi connectivity index (χ3n) is 6.64. The molecule has 0 aromatic carbocycles. The standard InChI is InChI=1S/C20H36N2O3S/c1-2-3-16-26(24,25)21-14-12-17(13-15-21)20(23)22(18-8-4-5-9-18)19-10-6-7-11-19/h17-19H,2-16H2,1H3. The quantitative estimate of drug-likeness (QED) is 0.674. The van der Waals surface area contributed by atoms with Crippen LogP contribution in [0, 0.1) is 5.92 Å². The molecule has 2 saturated carbocycles. The Hall–Kier alpha value is -0.620. The molecule has 0 spiro atoms. The fourth-order valence-electron chi connectivity index (χ4n) is 5.07. The molecule has 0 bridgehead atoms. The highest BCUT2D eigenvalue weighted by Crippen LogP contribution is 2.34. The second-order valence-electron chi connectivity index (χ2n) is 8.46. The van der Waals surface area contributed by atoms with Crippen molar-refractivity contribution in [2.75, 3.05) is 18.8 Å². The number of carbonyl (C=O) groups is 1. The molecule has 26 heavy (non-hydrogen) atoms. The van der Waals surface area contributed by atoms with Gasteiger partial charge in [0.2, 0.25) is 15.9 Å². The van der Waals surface area contributed by atoms with Gasteiger partial charge in [0.1, 0.15) is 0 Å². The van der Waals surface area contributed by atoms with Gasteiger partial charge in [-0.15, -0.1) is 0 Å². The van der Waals surface area contributed by atoms with Crippen LogP contribution in [0.3, 0.4) is 0 Å². The van der Waals surface area contributed by atoms with Gasteiger partial charge in [-0.05, 0) is 44.9 Å². The van der Waals surface area contributed by atoms with Crippen LogP contribution in [0.5, 0.6) is 0 Å². The Labute approximate surface area is 159 Å². The summed E-state index contributed by atoms with van der Waals surface area (Å²) in [5, 5.41) is 0. The topological polar surface area (TPSA) is 57.7 Å². The van der Waals surface area contributed by atoms with Crippen LogP contribution in [-0.2, 0) is 14.8 Å². The summed E-state index contributed by atoms with van der Waals surface area (Å²) in [5.74, 6) is 0.599. The van der Waals surface area contributed by atoms with E-state index in [1.165, 1.54) is 25.7 Å². The Bertz CT molecular complexity index is 542. The number of sulfonamides is 1. The Morgan fingerprint density at radius 3 is 1.88 bits per heavy atom. The molecule has 0 unspecified atom stereocenters. The second-order valence-corrected chi connectivity index (χ2v) is 10.6. The summed E-state index contributed by atoms with van der Waals surface area (Å²) in [6.45, 7) is 3.05. The van der Waals surface area contributed by atoms with Crippen molar-refractivity contribution < 1.29 is 13.2 Å². The van der Waals surface area contributed by atoms with Crippen molar-refractivity contribution in [3.8, 4) is 0 Å². The molecule has 0 radical (unpaired) electrons. The average Bonchev–Trinajstić information content (AvgIpc) is 3.35. The van der Waals surface area contributed by atoms with Crippen molar-refractivity contribution in [3.05, 3.63) is 0 Å². The van der Waals surface area contributed by atoms with Crippen molar-refractivity contribution in [1.82, 2.24) is 9.21 Å². The summed E-state index contributed by atoms with van der Waals surface area (Å²) < 4.78 is 26.4. The second kappa shape index (κ2) is 9.05. The first kappa shape index (κ1) is 20.1. The van der Waals surface area contributed by atoms with Gasteiger partial charge in [0.05, 0.1) is 5.75 Å². The molecular weight excluding hydrogens is 348 g/mol. The van der Waals surface area contributed by atoms with Crippen molar-refractivity contribution in [2.45, 2.75) is 96.1 Å². The van der Waals surface area contributed by atoms with Crippen molar-refractivity contribution >= 4 is 15.9 Å². The van der Waals surface area contributed by atoms with Gasteiger partial charge in [0, 0.05) is 31.1 Å². The lowest BCUT2D eigenvalue weighted by atomic mass is 9.94. The number of hydrogen-bond donors (Lipinski definition) is 0. The zero-order chi connectivity index (χ0) is 18.6. The van der Waals surface area contributed by atoms with Crippen LogP contribution in [-0.4, -0.2) is 54.5 Å². The minimum atomic E-state index is -3.14. The molecule has 3 aliphatic rings. The molecule has 3 fully saturated rings. The van der Waals surface area contributed by atoms with E-state index in [9.17, 15) is 13.2 Å². The van der Waals surface area contributed by atoms with E-state index in [-0.39, 0.29) is 11.7 Å². The van der Waals surface area contributed by atoms with E-state index in [1.807, 2.05) is 6.92 Å². The number of hydrogen-bond acceptors (Lipinski definition) is 3. The van der Waals surface area contributed by atoms with Gasteiger partial charge in [-0.3, -0.25) is 4.79 Å². The van der Waals surface area contributed by atoms with Crippen LogP contribution < -0.4 is 0 Å². The summed E-state index contributed by atoms with van der Waals surface area (Å²) >= 11 is 0. The number of amides is 1. The van der Waals surface area contributed by atoms with E-state index >= 15 is 0 Å². The van der Waals surface area contributed by atoms with Gasteiger partial charge in [-0.1, -0.05) is 39.0 Å². The van der Waals surface area contributed by atoms with Gasteiger partial charge in [0.25, 0.3) is 0 Å². The predicted octanol–water partition coefficient (Wildman–Crippen LogP) is 3.54. The molecule has 3 rings (SSSR count). The molecular formula is C20H36N2O3S. The van der Waals surface area contributed by atoms with Crippen LogP contribution in [0.4, 0.5) is 0 Å². The molecule has 0 aromatic rings. The normalized spacial score (nSPS) is 24.3. The highest BCUT2D eigenvalue weighted by atomic mass is 32.2. The van der Waals surface area contributed by atoms with Crippen LogP contribution in [0.25, 0.3) is 0 Å². The smallest absolute Gasteiger partial charge is 0.226 e. The Kier molecular flexibility index (Phi) is 7.00. The number of unbranched alkanes of at least 4 members (excludes halogenated alkanes) is 1. The predicted molar refractivity (Wildman–Crippen MR) is 104 cm³/mol. The fourth-order valence-corrected chi connectivity index (χ4v) is 6.75. The van der Waals surface area contributed by atoms with E-state index in [0.717, 1.165) is 38.5 Å². The lowest BCUT2D eigenvalue weighted by Crippen LogP contribution is -2.50. The SMILES string of the molecule is CCCCS(=O)(=O)N1CCC(C(=O)N(C2CCCC2)C2CCCC2)CC1. The molecule has 0 N–H and O–H groups in total. The van der Waals surface area contributed by atoms with Gasteiger partial charge in [0.15, 0.2) is 0 Å². The van der Waals surface area contributed by atoms with E-state index < -0.39 is 10.0 Å². The molecule has 5 nitrogen and oxygen atoms in total. The largest absolute Gasteiger partial charge is 0.336 e. The molecule has 2 aliphatic carbocycles. The zero-order valence-electron chi connectivity index (χ0n) is 16.4. The van der Waals surface area contributed by atoms with E-state index in [0.29, 0.717) is 43.9 Å². The Balaban J connectivity index is 1.60. The molecule has 1 aliphatic heterocycles. The highest BCUT2D eigenvalue weighted by molar-refractivity contribution is 7.89. The van der Waals surface area contributed by atoms with Crippen molar-refractivity contribution in [1.29, 1.82) is 0 Å². The molecule has 0 atom stereocenters. The monoisotopic (exact) mass is 384 g/mol. The summed E-state index contributed by atoms with van der Waals surface area (Å²) in [7, 11) is -3.14. The average molecular weight is 385 g/mol. The van der Waals surface area contributed by atoms with Gasteiger partial charge >= 0.3 is 0 Å². The number of nitrogens with zero attached hydrogens (tertiary/aromatic N) is 2. The van der Waals surface area contributed by atoms with Gasteiger partial charge < -0.3 is 4.90 Å². The lowest BCUT2D eigenvalue weighted by molar-refractivity contribution is -0.141. The summed E-state index contributed by atoms with van der Waals surface area (Å²) in [5.41, 5.74) is 0. The van der Waals surface area contributed by atoms with Gasteiger partial charge in [-0.25, -0.2) is 12.7 Å². The molecule has 6 heteroatoms. The van der Waals surface area contributed by atoms with Crippen LogP contribution in [0.15, 0.2) is 0 Å². The first-order valence-corrected chi connectivity index (χ1v) is 12.4. The van der Waals surface area contributed by atoms with Gasteiger partial charge in [-0.2, -0.15) is 0 Å². The van der Waals surface area contributed by atoms with E-state index in [4.69, 9.17) is 0 Å². The first-order chi connectivity index (χ1) is 12.5. The lowest BCUT2D eigenvalue weighted by Gasteiger charge is -2.39. The third kappa shape index (κ3) is 4.61. The Morgan fingerprint density at radius 1 is 0.923 bits per heavy atom. The molecule has 0 aromatic heterocycles. The summed E-state index contributed by atoms with van der Waals surface area (Å²) in [4.78, 5) is 15.6. The number of rotatable bonds is 7. The van der Waals surface area contributed by atoms with Crippen molar-refractivity contribution in [3.63, 3.8) is 0 Å². The van der Waals surface area contributed by atoms with Crippen molar-refractivity contribution in [2.24, 2.45) is 5.92 Å². The molecule has 1 saturated heterocycles. The fraction of sp³-hybridized carbons (Fsp3) is 0.950.